The van der Waals surface area contributed by atoms with Gasteiger partial charge in [-0.25, -0.2) is 0 Å². The smallest absolute Gasteiger partial charge is 0.217 e. The fourth-order valence-electron chi connectivity index (χ4n) is 18.4. The van der Waals surface area contributed by atoms with Crippen molar-refractivity contribution in [1.82, 2.24) is 31.9 Å². The summed E-state index contributed by atoms with van der Waals surface area (Å²) in [5, 5.41) is 343. The number of carbonyl (C=O) groups is 6. The number of hydrogen-bond acceptors (Lipinski definition) is 57. The molecule has 11 aliphatic rings. The summed E-state index contributed by atoms with van der Waals surface area (Å²) in [6.45, 7) is -7.19. The van der Waals surface area contributed by atoms with Gasteiger partial charge in [-0.15, -0.1) is 0 Å². The van der Waals surface area contributed by atoms with Crippen molar-refractivity contribution in [3.05, 3.63) is 0 Å². The van der Waals surface area contributed by atoms with Gasteiger partial charge in [0.05, 0.1) is 91.4 Å². The second-order valence-corrected chi connectivity index (χ2v) is 36.0. The largest absolute Gasteiger partial charge is 0.394 e. The van der Waals surface area contributed by atoms with E-state index in [2.05, 4.69) is 31.9 Å². The molecule has 0 aromatic rings. The summed E-state index contributed by atoms with van der Waals surface area (Å²) in [5.41, 5.74) is 0. The molecule has 35 N–H and O–H groups in total. The zero-order valence-electron chi connectivity index (χ0n) is 77.3. The Morgan fingerprint density at radius 3 is 0.902 bits per heavy atom. The minimum atomic E-state index is -2.70. The molecule has 56 atom stereocenters. The number of aliphatic hydroxyl groups excluding tert-OH is 29. The van der Waals surface area contributed by atoms with E-state index in [9.17, 15) is 177 Å². The van der Waals surface area contributed by atoms with Crippen LogP contribution in [0.25, 0.3) is 0 Å². The van der Waals surface area contributed by atoms with E-state index in [-0.39, 0.29) is 6.41 Å². The highest BCUT2D eigenvalue weighted by Gasteiger charge is 2.64. The van der Waals surface area contributed by atoms with Crippen LogP contribution in [0, 0.1) is 0 Å². The summed E-state index contributed by atoms with van der Waals surface area (Å²) in [6.07, 6.45) is -107. The first-order valence-electron chi connectivity index (χ1n) is 45.7. The Kier molecular flexibility index (Phi) is 43.5. The fourth-order valence-corrected chi connectivity index (χ4v) is 18.4. The molecule has 6 amide bonds. The number of carbonyl (C=O) groups excluding carboxylic acids is 6. The Morgan fingerprint density at radius 2 is 0.517 bits per heavy atom. The maximum atomic E-state index is 13.6. The van der Waals surface area contributed by atoms with Gasteiger partial charge in [-0.05, 0) is 6.92 Å². The van der Waals surface area contributed by atoms with Crippen LogP contribution in [-0.4, -0.2) is 607 Å². The van der Waals surface area contributed by atoms with Crippen molar-refractivity contribution >= 4 is 35.9 Å². The standard InChI is InChI=1S/C80H134N6O57/c1-20-42(103)54(115)56(117)76(124-20)143-69-68(142-72-38(83-22(3)99)52(113)44(105)28(9-89)126-72)49(110)33(14-94)131-80(69)136-61-34(15-95)132-70(39(53(61)114)84-23(4)100)123-18-36-50(111)67(141-74-40(85-24(5)101)63(45(106)29(10-90)128-74)137-78-59(120)65(47(108)32(13-93)130-78)139-71-37(82-21(2)98)51(112)43(104)27(8-88)125-71)60(121)79(134-36)138-64-41(86-25(6)102)73(127-30(11-91)46(64)107)140-66-48(109)31(12-92)129-77(58(66)119)135-62-35(16-96)133-75(57(118)55(62)116)122-17-26(7-87)81-19-97/h19-20,26-80,87-96,103-121H,7-18H2,1-6H3,(H,81,97)(H,82,98)(H,83,99)(H,84,100)(H,85,101)(H,86,102)/t20-,26+,27+,28+,29+,30+,31+,32+,33+,34+,35+,36+,37+,38+,39+,40+,41+,42+,43-,44-,45+,46+,47-,48-,49-,50-,51+,52+,53+,54+,55+,56-,57+,58+,59+,60+,61+,62+,63+,64+,65-,66-,67-,68-,69+,70+,71+,72+,73-,74-,75+,76-,77-,78-,79-,80-/m0/s1. The Bertz CT molecular complexity index is 3960. The van der Waals surface area contributed by atoms with E-state index in [1.54, 1.807) is 0 Å². The predicted octanol–water partition coefficient (Wildman–Crippen LogP) is -24.1. The Balaban J connectivity index is 0.941. The molecular weight excluding hydrogens is 1960 g/mol. The van der Waals surface area contributed by atoms with E-state index in [1.807, 2.05) is 0 Å². The van der Waals surface area contributed by atoms with Gasteiger partial charge in [-0.2, -0.15) is 0 Å². The third-order valence-corrected chi connectivity index (χ3v) is 25.9. The quantitative estimate of drug-likeness (QED) is 0.0253. The van der Waals surface area contributed by atoms with Crippen molar-refractivity contribution in [1.29, 1.82) is 0 Å². The second-order valence-electron chi connectivity index (χ2n) is 36.0. The van der Waals surface area contributed by atoms with Crippen molar-refractivity contribution in [3.63, 3.8) is 0 Å². The third-order valence-electron chi connectivity index (χ3n) is 25.9. The van der Waals surface area contributed by atoms with Gasteiger partial charge in [-0.3, -0.25) is 28.8 Å². The summed E-state index contributed by atoms with van der Waals surface area (Å²) < 4.78 is 133. The predicted molar refractivity (Wildman–Crippen MR) is 443 cm³/mol. The Labute approximate surface area is 810 Å². The molecule has 0 saturated carbocycles. The van der Waals surface area contributed by atoms with E-state index in [1.165, 1.54) is 6.92 Å². The van der Waals surface area contributed by atoms with Crippen molar-refractivity contribution in [2.75, 3.05) is 79.3 Å². The van der Waals surface area contributed by atoms with E-state index in [4.69, 9.17) is 104 Å². The summed E-state index contributed by atoms with van der Waals surface area (Å²) in [4.78, 5) is 77.1. The van der Waals surface area contributed by atoms with Crippen LogP contribution < -0.4 is 31.9 Å². The maximum absolute atomic E-state index is 13.6. The molecule has 0 radical (unpaired) electrons. The molecule has 11 fully saturated rings. The summed E-state index contributed by atoms with van der Waals surface area (Å²) in [5.74, 6) is -4.96. The molecule has 63 nitrogen and oxygen atoms in total. The normalized spacial score (nSPS) is 47.5. The topological polar surface area (TPSA) is 964 Å². The summed E-state index contributed by atoms with van der Waals surface area (Å²) in [7, 11) is 0. The molecular formula is C80H134N6O57. The molecule has 63 heteroatoms. The lowest BCUT2D eigenvalue weighted by Crippen LogP contribution is -2.71. The number of nitrogens with one attached hydrogen (secondary N) is 6. The molecule has 11 heterocycles. The van der Waals surface area contributed by atoms with Crippen LogP contribution in [0.1, 0.15) is 41.5 Å². The summed E-state index contributed by atoms with van der Waals surface area (Å²) in [6, 6.07) is -11.0. The van der Waals surface area contributed by atoms with Crippen molar-refractivity contribution < 1.29 is 281 Å². The molecule has 0 spiro atoms. The summed E-state index contributed by atoms with van der Waals surface area (Å²) >= 11 is 0. The van der Waals surface area contributed by atoms with Gasteiger partial charge < -0.3 is 284 Å². The average Bonchev–Trinajstić information content (AvgIpc) is 0.761. The highest BCUT2D eigenvalue weighted by molar-refractivity contribution is 5.75. The molecule has 11 rings (SSSR count). The van der Waals surface area contributed by atoms with Gasteiger partial charge in [0.2, 0.25) is 35.9 Å². The lowest BCUT2D eigenvalue weighted by molar-refractivity contribution is -0.400. The molecule has 143 heavy (non-hydrogen) atoms. The Morgan fingerprint density at radius 1 is 0.245 bits per heavy atom. The number of rotatable bonds is 41. The van der Waals surface area contributed by atoms with Crippen molar-refractivity contribution in [2.24, 2.45) is 0 Å². The zero-order valence-corrected chi connectivity index (χ0v) is 77.3. The molecule has 0 bridgehead atoms. The SMILES string of the molecule is CC(=O)N[C@H]1[C@H](OC[C@H]2O[C@@H](O[C@H]3[C@H](O)[C@@H](CO)O[C@@H](O[C@H]4[C@@H](O)[C@@H](CO)O[C@@H](O[C@H]5[C@H](O)[C@@H](O)[C@H](OC[C@@H](CO)NC=O)O[C@@H]5CO)[C@@H]4O)[C@@H]3NC(C)=O)[C@H](O)[C@@H](O[C@@H]3O[C@H](CO)[C@@H](O)[C@H](O[C@@H]4O[C@H](CO)[C@H](O)[C@H](O[C@H]5O[C@H](CO)[C@H](O)[C@H](O)[C@H]5NC(C)=O)[C@H]4O)[C@H]3NC(C)=O)[C@H]2O)O[C@H](CO)[C@@H](O[C@@H]2O[C@H](CO)[C@H](O)[C@H](O[C@H]3O[C@H](CO)[C@H](O)[C@H](O)[C@H]3NC(C)=O)[C@H]2O[C@@H]2O[C@@H](C)[C@@H](O)[C@@H](O)[C@@H]2O)[C@@H]1O. The first kappa shape index (κ1) is 118. The van der Waals surface area contributed by atoms with Gasteiger partial charge in [-0.1, -0.05) is 0 Å². The maximum Gasteiger partial charge on any atom is 0.217 e. The molecule has 0 unspecified atom stereocenters. The first-order chi connectivity index (χ1) is 67.8. The molecule has 0 aromatic carbocycles. The van der Waals surface area contributed by atoms with E-state index < -0.39 is 452 Å². The minimum Gasteiger partial charge on any atom is -0.394 e. The van der Waals surface area contributed by atoms with Crippen LogP contribution in [-0.2, 0) is 133 Å². The van der Waals surface area contributed by atoms with Gasteiger partial charge >= 0.3 is 0 Å². The number of amides is 6. The van der Waals surface area contributed by atoms with Gasteiger partial charge in [0.1, 0.15) is 262 Å². The van der Waals surface area contributed by atoms with Crippen molar-refractivity contribution in [3.8, 4) is 0 Å². The van der Waals surface area contributed by atoms with Gasteiger partial charge in [0, 0.05) is 34.6 Å². The van der Waals surface area contributed by atoms with Crippen LogP contribution in [0.2, 0.25) is 0 Å². The van der Waals surface area contributed by atoms with Crippen molar-refractivity contribution in [2.45, 2.75) is 385 Å². The Hall–Kier alpha value is -5.22. The molecule has 826 valence electrons. The monoisotopic (exact) mass is 2090 g/mol. The number of aliphatic hydroxyl groups is 29. The van der Waals surface area contributed by atoms with Crippen LogP contribution in [0.5, 0.6) is 0 Å². The average molecular weight is 2090 g/mol. The van der Waals surface area contributed by atoms with E-state index >= 15 is 0 Å². The lowest BCUT2D eigenvalue weighted by Gasteiger charge is -2.52. The highest BCUT2D eigenvalue weighted by Crippen LogP contribution is 2.43. The van der Waals surface area contributed by atoms with Gasteiger partial charge in [0.15, 0.2) is 69.2 Å². The van der Waals surface area contributed by atoms with E-state index in [0.29, 0.717) is 0 Å². The molecule has 0 aromatic heterocycles. The molecule has 11 saturated heterocycles. The zero-order chi connectivity index (χ0) is 105. The second kappa shape index (κ2) is 52.7. The van der Waals surface area contributed by atoms with E-state index in [0.717, 1.165) is 34.6 Å². The number of ether oxygens (including phenoxy) is 22. The van der Waals surface area contributed by atoms with Crippen LogP contribution in [0.15, 0.2) is 0 Å². The van der Waals surface area contributed by atoms with Gasteiger partial charge in [0.25, 0.3) is 0 Å². The third kappa shape index (κ3) is 26.9. The van der Waals surface area contributed by atoms with Crippen LogP contribution >= 0.6 is 0 Å². The van der Waals surface area contributed by atoms with Crippen LogP contribution in [0.3, 0.4) is 0 Å². The highest BCUT2D eigenvalue weighted by atomic mass is 16.8. The molecule has 11 aliphatic heterocycles. The number of hydrogen-bond donors (Lipinski definition) is 35. The molecule has 0 aliphatic carbocycles. The first-order valence-corrected chi connectivity index (χ1v) is 45.7. The van der Waals surface area contributed by atoms with Crippen LogP contribution in [0.4, 0.5) is 0 Å². The lowest BCUT2D eigenvalue weighted by atomic mass is 9.93. The fraction of sp³-hybridized carbons (Fsp3) is 0.925. The minimum absolute atomic E-state index is 0.224.